The molecule has 0 aliphatic rings. The first kappa shape index (κ1) is 13.0. The number of pyridine rings is 1. The van der Waals surface area contributed by atoms with Crippen LogP contribution in [0.15, 0.2) is 18.3 Å². The van der Waals surface area contributed by atoms with E-state index in [0.29, 0.717) is 0 Å². The van der Waals surface area contributed by atoms with Gasteiger partial charge in [-0.05, 0) is 38.6 Å². The molecule has 0 bridgehead atoms. The molecular formula is C13H23N3. The van der Waals surface area contributed by atoms with Crippen molar-refractivity contribution in [1.29, 1.82) is 0 Å². The number of aromatic nitrogens is 1. The number of anilines is 1. The minimum absolute atomic E-state index is 0.948. The molecule has 0 amide bonds. The van der Waals surface area contributed by atoms with Gasteiger partial charge in [0.05, 0.1) is 5.69 Å². The molecule has 0 saturated heterocycles. The average molecular weight is 221 g/mol. The summed E-state index contributed by atoms with van der Waals surface area (Å²) in [5.74, 6) is 0. The van der Waals surface area contributed by atoms with Crippen LogP contribution in [0.25, 0.3) is 0 Å². The number of hydrogen-bond acceptors (Lipinski definition) is 3. The monoisotopic (exact) mass is 221 g/mol. The number of nitrogens with one attached hydrogen (secondary N) is 1. The highest BCUT2D eigenvalue weighted by atomic mass is 15.1. The third-order valence-electron chi connectivity index (χ3n) is 2.57. The van der Waals surface area contributed by atoms with E-state index in [0.717, 1.165) is 31.9 Å². The summed E-state index contributed by atoms with van der Waals surface area (Å²) in [4.78, 5) is 6.82. The van der Waals surface area contributed by atoms with Crippen molar-refractivity contribution in [3.8, 4) is 0 Å². The first-order chi connectivity index (χ1) is 7.80. The summed E-state index contributed by atoms with van der Waals surface area (Å²) in [5, 5.41) is 3.31. The molecule has 16 heavy (non-hydrogen) atoms. The van der Waals surface area contributed by atoms with Crippen molar-refractivity contribution in [2.75, 3.05) is 25.0 Å². The molecule has 3 heteroatoms. The normalized spacial score (nSPS) is 10.8. The van der Waals surface area contributed by atoms with Gasteiger partial charge in [-0.1, -0.05) is 13.8 Å². The number of rotatable bonds is 7. The molecule has 0 saturated carbocycles. The first-order valence-corrected chi connectivity index (χ1v) is 6.21. The highest BCUT2D eigenvalue weighted by Gasteiger charge is 2.03. The second kappa shape index (κ2) is 7.23. The van der Waals surface area contributed by atoms with Gasteiger partial charge in [0.25, 0.3) is 0 Å². The van der Waals surface area contributed by atoms with Crippen molar-refractivity contribution < 1.29 is 0 Å². The zero-order valence-electron chi connectivity index (χ0n) is 10.7. The third-order valence-corrected chi connectivity index (χ3v) is 2.57. The Morgan fingerprint density at radius 1 is 1.31 bits per heavy atom. The van der Waals surface area contributed by atoms with E-state index in [2.05, 4.69) is 42.0 Å². The predicted octanol–water partition coefficient (Wildman–Crippen LogP) is 2.75. The van der Waals surface area contributed by atoms with E-state index in [1.807, 2.05) is 12.3 Å². The van der Waals surface area contributed by atoms with Gasteiger partial charge in [-0.3, -0.25) is 9.88 Å². The van der Waals surface area contributed by atoms with Crippen LogP contribution in [0.1, 0.15) is 32.9 Å². The van der Waals surface area contributed by atoms with Crippen LogP contribution in [0.3, 0.4) is 0 Å². The van der Waals surface area contributed by atoms with Gasteiger partial charge >= 0.3 is 0 Å². The summed E-state index contributed by atoms with van der Waals surface area (Å²) in [6.45, 7) is 10.6. The van der Waals surface area contributed by atoms with Crippen LogP contribution in [0.5, 0.6) is 0 Å². The van der Waals surface area contributed by atoms with Gasteiger partial charge in [-0.2, -0.15) is 0 Å². The van der Waals surface area contributed by atoms with E-state index in [1.54, 1.807) is 0 Å². The quantitative estimate of drug-likeness (QED) is 0.767. The highest BCUT2D eigenvalue weighted by Crippen LogP contribution is 2.09. The summed E-state index contributed by atoms with van der Waals surface area (Å²) in [6.07, 6.45) is 3.08. The van der Waals surface area contributed by atoms with Gasteiger partial charge in [0, 0.05) is 25.0 Å². The van der Waals surface area contributed by atoms with E-state index in [-0.39, 0.29) is 0 Å². The van der Waals surface area contributed by atoms with Crippen LogP contribution in [0, 0.1) is 0 Å². The zero-order chi connectivity index (χ0) is 11.8. The van der Waals surface area contributed by atoms with E-state index >= 15 is 0 Å². The van der Waals surface area contributed by atoms with Crippen LogP contribution in [-0.4, -0.2) is 29.5 Å². The Hall–Kier alpha value is -1.09. The van der Waals surface area contributed by atoms with Crippen molar-refractivity contribution in [2.45, 2.75) is 33.7 Å². The Labute approximate surface area is 98.9 Å². The van der Waals surface area contributed by atoms with Crippen LogP contribution in [-0.2, 0) is 6.54 Å². The van der Waals surface area contributed by atoms with Gasteiger partial charge in [0.1, 0.15) is 0 Å². The van der Waals surface area contributed by atoms with E-state index in [9.17, 15) is 0 Å². The first-order valence-electron chi connectivity index (χ1n) is 6.21. The second-order valence-corrected chi connectivity index (χ2v) is 3.93. The number of nitrogens with zero attached hydrogens (tertiary/aromatic N) is 2. The molecule has 0 atom stereocenters. The van der Waals surface area contributed by atoms with Gasteiger partial charge in [0.2, 0.25) is 0 Å². The SMILES string of the molecule is CCCN(CC)Cc1cc(NCC)ccn1. The Morgan fingerprint density at radius 3 is 2.75 bits per heavy atom. The minimum atomic E-state index is 0.948. The smallest absolute Gasteiger partial charge is 0.0564 e. The van der Waals surface area contributed by atoms with Crippen molar-refractivity contribution in [2.24, 2.45) is 0 Å². The minimum Gasteiger partial charge on any atom is -0.385 e. The Balaban J connectivity index is 2.60. The molecule has 0 aromatic carbocycles. The predicted molar refractivity (Wildman–Crippen MR) is 69.6 cm³/mol. The maximum absolute atomic E-state index is 4.41. The fraction of sp³-hybridized carbons (Fsp3) is 0.615. The third kappa shape index (κ3) is 4.19. The van der Waals surface area contributed by atoms with E-state index < -0.39 is 0 Å². The molecule has 1 aromatic heterocycles. The van der Waals surface area contributed by atoms with E-state index in [1.165, 1.54) is 12.1 Å². The zero-order valence-corrected chi connectivity index (χ0v) is 10.7. The fourth-order valence-electron chi connectivity index (χ4n) is 1.77. The van der Waals surface area contributed by atoms with Crippen molar-refractivity contribution in [1.82, 2.24) is 9.88 Å². The van der Waals surface area contributed by atoms with Crippen LogP contribution < -0.4 is 5.32 Å². The summed E-state index contributed by atoms with van der Waals surface area (Å²) in [6, 6.07) is 4.16. The fourth-order valence-corrected chi connectivity index (χ4v) is 1.77. The van der Waals surface area contributed by atoms with Crippen molar-refractivity contribution in [3.05, 3.63) is 24.0 Å². The molecule has 1 aromatic rings. The molecule has 1 heterocycles. The molecule has 0 unspecified atom stereocenters. The van der Waals surface area contributed by atoms with Crippen LogP contribution in [0.4, 0.5) is 5.69 Å². The average Bonchev–Trinajstić information content (AvgIpc) is 2.29. The molecule has 90 valence electrons. The highest BCUT2D eigenvalue weighted by molar-refractivity contribution is 5.42. The van der Waals surface area contributed by atoms with Gasteiger partial charge in [-0.25, -0.2) is 0 Å². The lowest BCUT2D eigenvalue weighted by molar-refractivity contribution is 0.277. The summed E-state index contributed by atoms with van der Waals surface area (Å²) < 4.78 is 0. The molecule has 0 aliphatic carbocycles. The lowest BCUT2D eigenvalue weighted by Crippen LogP contribution is -2.24. The van der Waals surface area contributed by atoms with Crippen LogP contribution >= 0.6 is 0 Å². The topological polar surface area (TPSA) is 28.2 Å². The van der Waals surface area contributed by atoms with Gasteiger partial charge in [0.15, 0.2) is 0 Å². The molecule has 0 aliphatic heterocycles. The lowest BCUT2D eigenvalue weighted by Gasteiger charge is -2.19. The standard InChI is InChI=1S/C13H23N3/c1-4-9-16(6-3)11-13-10-12(14-5-2)7-8-15-13/h7-8,10H,4-6,9,11H2,1-3H3,(H,14,15). The van der Waals surface area contributed by atoms with Gasteiger partial charge < -0.3 is 5.32 Å². The molecular weight excluding hydrogens is 198 g/mol. The maximum atomic E-state index is 4.41. The molecule has 3 nitrogen and oxygen atoms in total. The molecule has 0 fully saturated rings. The molecule has 0 spiro atoms. The van der Waals surface area contributed by atoms with E-state index in [4.69, 9.17) is 0 Å². The second-order valence-electron chi connectivity index (χ2n) is 3.93. The Morgan fingerprint density at radius 2 is 2.12 bits per heavy atom. The molecule has 1 rings (SSSR count). The van der Waals surface area contributed by atoms with Crippen molar-refractivity contribution >= 4 is 5.69 Å². The largest absolute Gasteiger partial charge is 0.385 e. The molecule has 1 N–H and O–H groups in total. The lowest BCUT2D eigenvalue weighted by atomic mass is 10.3. The summed E-state index contributed by atoms with van der Waals surface area (Å²) >= 11 is 0. The number of hydrogen-bond donors (Lipinski definition) is 1. The summed E-state index contributed by atoms with van der Waals surface area (Å²) in [7, 11) is 0. The Kier molecular flexibility index (Phi) is 5.86. The maximum Gasteiger partial charge on any atom is 0.0564 e. The van der Waals surface area contributed by atoms with Crippen LogP contribution in [0.2, 0.25) is 0 Å². The van der Waals surface area contributed by atoms with Gasteiger partial charge in [-0.15, -0.1) is 0 Å². The summed E-state index contributed by atoms with van der Waals surface area (Å²) in [5.41, 5.74) is 2.31. The van der Waals surface area contributed by atoms with Crippen molar-refractivity contribution in [3.63, 3.8) is 0 Å². The molecule has 0 radical (unpaired) electrons. The Bertz CT molecular complexity index is 299.